The van der Waals surface area contributed by atoms with E-state index in [1.165, 1.54) is 0 Å². The van der Waals surface area contributed by atoms with Gasteiger partial charge in [0.25, 0.3) is 0 Å². The van der Waals surface area contributed by atoms with Crippen molar-refractivity contribution in [3.05, 3.63) is 30.6 Å². The van der Waals surface area contributed by atoms with Gasteiger partial charge in [-0.1, -0.05) is 12.4 Å². The van der Waals surface area contributed by atoms with Crippen molar-refractivity contribution < 1.29 is 14.6 Å². The summed E-state index contributed by atoms with van der Waals surface area (Å²) in [6.07, 6.45) is 4.34. The van der Waals surface area contributed by atoms with Crippen LogP contribution in [0.2, 0.25) is 0 Å². The predicted molar refractivity (Wildman–Crippen MR) is 28.5 cm³/mol. The molecule has 0 aliphatic heterocycles. The van der Waals surface area contributed by atoms with Crippen LogP contribution in [0.1, 0.15) is 0 Å². The molecule has 50 valence electrons. The molecule has 0 bridgehead atoms. The summed E-state index contributed by atoms with van der Waals surface area (Å²) in [6.45, 7) is 0. The van der Waals surface area contributed by atoms with Gasteiger partial charge in [-0.2, -0.15) is 18.2 Å². The molecule has 1 heterocycles. The summed E-state index contributed by atoms with van der Waals surface area (Å²) < 4.78 is 11.8. The number of rotatable bonds is 0. The van der Waals surface area contributed by atoms with E-state index in [4.69, 9.17) is 8.76 Å². The van der Waals surface area contributed by atoms with E-state index in [0.717, 1.165) is 0 Å². The first-order chi connectivity index (χ1) is 4.41. The van der Waals surface area contributed by atoms with Crippen LogP contribution in [0.15, 0.2) is 24.4 Å². The summed E-state index contributed by atoms with van der Waals surface area (Å²) >= 11 is -0.250. The molecule has 0 atom stereocenters. The van der Waals surface area contributed by atoms with Gasteiger partial charge < -0.3 is 4.98 Å². The number of nitrogens with one attached hydrogen (secondary N) is 2. The molecular weight excluding hydrogens is 158 g/mol. The van der Waals surface area contributed by atoms with Crippen LogP contribution < -0.4 is 0 Å². The van der Waals surface area contributed by atoms with E-state index in [1.54, 1.807) is 12.3 Å². The standard InChI is InChI=1S/C5H4N.Fe.2HN/c1-2-4-6-5-3-1;;;/h1-4H;;2*1H/q-1;;;. The first-order valence-corrected chi connectivity index (χ1v) is 3.23. The number of nitrogens with zero attached hydrogens (tertiary/aromatic N) is 1. The Labute approximate surface area is 59.5 Å². The zero-order valence-electron chi connectivity index (χ0n) is 4.61. The van der Waals surface area contributed by atoms with E-state index in [-0.39, 0.29) is 14.6 Å². The Morgan fingerprint density at radius 1 is 1.33 bits per heavy atom. The van der Waals surface area contributed by atoms with Crippen molar-refractivity contribution in [2.45, 2.75) is 0 Å². The zero-order chi connectivity index (χ0) is 6.95. The van der Waals surface area contributed by atoms with E-state index in [2.05, 4.69) is 11.2 Å². The maximum Gasteiger partial charge on any atom is -0.0813 e. The minimum absolute atomic E-state index is 0.250. The van der Waals surface area contributed by atoms with Crippen molar-refractivity contribution in [2.75, 3.05) is 0 Å². The summed E-state index contributed by atoms with van der Waals surface area (Å²) in [5.74, 6) is 0. The van der Waals surface area contributed by atoms with Crippen molar-refractivity contribution in [1.29, 1.82) is 8.76 Å². The number of aromatic nitrogens is 1. The topological polar surface area (TPSA) is 60.6 Å². The average molecular weight is 164 g/mol. The second-order valence-corrected chi connectivity index (χ2v) is 1.32. The number of hydrogen-bond acceptors (Lipinski definition) is 3. The van der Waals surface area contributed by atoms with Crippen LogP contribution in [0.25, 0.3) is 0 Å². The van der Waals surface area contributed by atoms with E-state index in [1.807, 2.05) is 12.1 Å². The van der Waals surface area contributed by atoms with Gasteiger partial charge >= 0.3 is 23.3 Å². The molecule has 0 saturated heterocycles. The minimum Gasteiger partial charge on any atom is -0.394 e. The Balaban J connectivity index is 0.000000187. The van der Waals surface area contributed by atoms with Gasteiger partial charge in [0.15, 0.2) is 0 Å². The number of pyridine rings is 1. The molecule has 0 spiro atoms. The summed E-state index contributed by atoms with van der Waals surface area (Å²) in [5, 5.41) is 0. The average Bonchev–Trinajstić information content (AvgIpc) is 1.93. The SMILES string of the molecule is [NH]=[Fe]=[NH].[c-]1ccccn1. The Morgan fingerprint density at radius 3 is 2.11 bits per heavy atom. The van der Waals surface area contributed by atoms with Crippen LogP contribution in [0.5, 0.6) is 0 Å². The first-order valence-electron chi connectivity index (χ1n) is 2.12. The van der Waals surface area contributed by atoms with Gasteiger partial charge in [0.2, 0.25) is 0 Å². The largest absolute Gasteiger partial charge is 0.394 e. The maximum absolute atomic E-state index is 5.88. The fourth-order valence-electron chi connectivity index (χ4n) is 0.277. The van der Waals surface area contributed by atoms with Gasteiger partial charge in [0.1, 0.15) is 0 Å². The smallest absolute Gasteiger partial charge is 0.0813 e. The molecule has 1 rings (SSSR count). The van der Waals surface area contributed by atoms with E-state index >= 15 is 0 Å². The van der Waals surface area contributed by atoms with Crippen LogP contribution >= 0.6 is 0 Å². The third kappa shape index (κ3) is 7.27. The third-order valence-corrected chi connectivity index (χ3v) is 0.517. The molecule has 0 unspecified atom stereocenters. The molecule has 0 amide bonds. The van der Waals surface area contributed by atoms with Gasteiger partial charge in [0, 0.05) is 0 Å². The van der Waals surface area contributed by atoms with Crippen LogP contribution in [-0.2, 0) is 14.6 Å². The normalized spacial score (nSPS) is 7.11. The molecule has 0 saturated carbocycles. The molecule has 0 fully saturated rings. The third-order valence-electron chi connectivity index (χ3n) is 0.517. The summed E-state index contributed by atoms with van der Waals surface area (Å²) in [6, 6.07) is 5.50. The molecule has 1 aromatic rings. The van der Waals surface area contributed by atoms with Crippen molar-refractivity contribution in [3.63, 3.8) is 0 Å². The summed E-state index contributed by atoms with van der Waals surface area (Å²) in [7, 11) is 0. The Bertz CT molecular complexity index is 142. The van der Waals surface area contributed by atoms with Gasteiger partial charge in [-0.25, -0.2) is 0 Å². The van der Waals surface area contributed by atoms with Crippen molar-refractivity contribution in [1.82, 2.24) is 4.98 Å². The fraction of sp³-hybridized carbons (Fsp3) is 0. The Morgan fingerprint density at radius 2 is 2.00 bits per heavy atom. The molecule has 2 N–H and O–H groups in total. The van der Waals surface area contributed by atoms with Crippen LogP contribution in [0.3, 0.4) is 0 Å². The second kappa shape index (κ2) is 7.27. The monoisotopic (exact) mass is 164 g/mol. The summed E-state index contributed by atoms with van der Waals surface area (Å²) in [4.78, 5) is 3.66. The van der Waals surface area contributed by atoms with E-state index in [9.17, 15) is 0 Å². The summed E-state index contributed by atoms with van der Waals surface area (Å²) in [5.41, 5.74) is 0. The molecule has 0 aliphatic rings. The zero-order valence-corrected chi connectivity index (χ0v) is 5.71. The van der Waals surface area contributed by atoms with Gasteiger partial charge in [0.05, 0.1) is 0 Å². The molecule has 0 aromatic carbocycles. The predicted octanol–water partition coefficient (Wildman–Crippen LogP) is 1.48. The molecule has 0 aliphatic carbocycles. The molecule has 3 nitrogen and oxygen atoms in total. The molecule has 9 heavy (non-hydrogen) atoms. The fourth-order valence-corrected chi connectivity index (χ4v) is 0.277. The van der Waals surface area contributed by atoms with E-state index < -0.39 is 0 Å². The van der Waals surface area contributed by atoms with Crippen LogP contribution in [0.4, 0.5) is 0 Å². The van der Waals surface area contributed by atoms with Gasteiger partial charge in [-0.15, -0.1) is 0 Å². The minimum atomic E-state index is -0.250. The molecular formula is C5H6FeN3-. The van der Waals surface area contributed by atoms with Gasteiger partial charge in [-0.3, -0.25) is 0 Å². The first kappa shape index (κ1) is 8.27. The van der Waals surface area contributed by atoms with Crippen molar-refractivity contribution in [3.8, 4) is 0 Å². The molecule has 1 aromatic heterocycles. The van der Waals surface area contributed by atoms with Crippen LogP contribution in [0, 0.1) is 15.0 Å². The Kier molecular flexibility index (Phi) is 6.68. The van der Waals surface area contributed by atoms with E-state index in [0.29, 0.717) is 0 Å². The maximum atomic E-state index is 5.88. The number of hydrogen-bond donors (Lipinski definition) is 2. The molecule has 4 heteroatoms. The second-order valence-electron chi connectivity index (χ2n) is 1.05. The van der Waals surface area contributed by atoms with Crippen molar-refractivity contribution in [2.24, 2.45) is 0 Å². The van der Waals surface area contributed by atoms with Gasteiger partial charge in [-0.05, 0) is 0 Å². The van der Waals surface area contributed by atoms with Crippen molar-refractivity contribution >= 4 is 0 Å². The molecule has 0 radical (unpaired) electrons. The quantitative estimate of drug-likeness (QED) is 0.442. The Hall–Kier alpha value is -0.731. The van der Waals surface area contributed by atoms with Crippen LogP contribution in [-0.4, -0.2) is 4.98 Å².